The number of nitrogens with zero attached hydrogens (tertiary/aromatic N) is 1. The molecule has 86 valence electrons. The number of carbonyl (C=O) groups is 1. The average Bonchev–Trinajstić information content (AvgIpc) is 2.91. The zero-order chi connectivity index (χ0) is 11.7. The third-order valence-corrected chi connectivity index (χ3v) is 3.36. The van der Waals surface area contributed by atoms with Crippen LogP contribution in [0.3, 0.4) is 0 Å². The Balaban J connectivity index is 1.83. The van der Waals surface area contributed by atoms with Crippen LogP contribution < -0.4 is 0 Å². The number of Topliss-reactive ketones (excluding diaryl/α,β-unsaturated/α-hetero) is 1. The van der Waals surface area contributed by atoms with Crippen molar-refractivity contribution in [2.24, 2.45) is 5.92 Å². The lowest BCUT2D eigenvalue weighted by atomic mass is 9.82. The number of rotatable bonds is 2. The smallest absolute Gasteiger partial charge is 0.263 e. The van der Waals surface area contributed by atoms with Crippen molar-refractivity contribution in [1.29, 1.82) is 0 Å². The standard InChI is InChI=1S/C14H13NO2/c16-13(14-15-7-8-17-14)12-6-5-10-3-1-2-4-11(10)9-12/h1-4,7-8,12H,5-6,9H2/t12-/m1/s1. The summed E-state index contributed by atoms with van der Waals surface area (Å²) >= 11 is 0. The molecule has 0 amide bonds. The van der Waals surface area contributed by atoms with Gasteiger partial charge in [0, 0.05) is 5.92 Å². The molecule has 1 aromatic heterocycles. The van der Waals surface area contributed by atoms with Gasteiger partial charge in [-0.3, -0.25) is 4.79 Å². The molecule has 0 saturated carbocycles. The molecule has 0 bridgehead atoms. The minimum atomic E-state index is 0.0172. The van der Waals surface area contributed by atoms with Gasteiger partial charge in [-0.15, -0.1) is 0 Å². The van der Waals surface area contributed by atoms with Crippen LogP contribution in [0.15, 0.2) is 41.1 Å². The van der Waals surface area contributed by atoms with Gasteiger partial charge in [-0.25, -0.2) is 4.98 Å². The zero-order valence-electron chi connectivity index (χ0n) is 9.43. The first-order valence-corrected chi connectivity index (χ1v) is 5.85. The van der Waals surface area contributed by atoms with Gasteiger partial charge in [-0.1, -0.05) is 24.3 Å². The molecule has 0 unspecified atom stereocenters. The van der Waals surface area contributed by atoms with E-state index in [0.717, 1.165) is 19.3 Å². The normalized spacial score (nSPS) is 18.7. The van der Waals surface area contributed by atoms with Gasteiger partial charge >= 0.3 is 0 Å². The third kappa shape index (κ3) is 1.88. The van der Waals surface area contributed by atoms with Gasteiger partial charge in [0.15, 0.2) is 0 Å². The number of fused-ring (bicyclic) bond motifs is 1. The fraction of sp³-hybridized carbons (Fsp3) is 0.286. The lowest BCUT2D eigenvalue weighted by Gasteiger charge is -2.22. The number of hydrogen-bond acceptors (Lipinski definition) is 3. The number of hydrogen-bond donors (Lipinski definition) is 0. The molecule has 17 heavy (non-hydrogen) atoms. The van der Waals surface area contributed by atoms with E-state index in [1.165, 1.54) is 23.6 Å². The second-order valence-corrected chi connectivity index (χ2v) is 4.41. The quantitative estimate of drug-likeness (QED) is 0.741. The summed E-state index contributed by atoms with van der Waals surface area (Å²) in [6.07, 6.45) is 5.62. The number of oxazole rings is 1. The van der Waals surface area contributed by atoms with Crippen molar-refractivity contribution >= 4 is 5.78 Å². The first-order chi connectivity index (χ1) is 8.34. The van der Waals surface area contributed by atoms with E-state index in [4.69, 9.17) is 4.42 Å². The van der Waals surface area contributed by atoms with Crippen LogP contribution in [0.5, 0.6) is 0 Å². The second kappa shape index (κ2) is 4.17. The Morgan fingerprint density at radius 3 is 2.88 bits per heavy atom. The van der Waals surface area contributed by atoms with Gasteiger partial charge in [0.25, 0.3) is 5.89 Å². The Labute approximate surface area is 99.5 Å². The van der Waals surface area contributed by atoms with Crippen molar-refractivity contribution < 1.29 is 9.21 Å². The Hall–Kier alpha value is -1.90. The molecular weight excluding hydrogens is 214 g/mol. The van der Waals surface area contributed by atoms with Crippen molar-refractivity contribution in [3.63, 3.8) is 0 Å². The molecule has 2 aromatic rings. The number of benzene rings is 1. The Bertz CT molecular complexity index is 531. The number of aromatic nitrogens is 1. The van der Waals surface area contributed by atoms with E-state index in [1.807, 2.05) is 6.07 Å². The molecule has 3 rings (SSSR count). The minimum absolute atomic E-state index is 0.0172. The van der Waals surface area contributed by atoms with Gasteiger partial charge in [0.1, 0.15) is 6.26 Å². The Morgan fingerprint density at radius 2 is 2.12 bits per heavy atom. The van der Waals surface area contributed by atoms with E-state index in [2.05, 4.69) is 23.2 Å². The van der Waals surface area contributed by atoms with Crippen LogP contribution >= 0.6 is 0 Å². The summed E-state index contributed by atoms with van der Waals surface area (Å²) in [7, 11) is 0. The Kier molecular flexibility index (Phi) is 2.52. The summed E-state index contributed by atoms with van der Waals surface area (Å²) in [6.45, 7) is 0. The molecule has 0 N–H and O–H groups in total. The molecule has 0 saturated heterocycles. The van der Waals surface area contributed by atoms with Crippen molar-refractivity contribution in [3.05, 3.63) is 53.7 Å². The molecule has 0 radical (unpaired) electrons. The van der Waals surface area contributed by atoms with E-state index < -0.39 is 0 Å². The molecular formula is C14H13NO2. The molecule has 1 heterocycles. The highest BCUT2D eigenvalue weighted by Gasteiger charge is 2.27. The molecule has 1 atom stereocenters. The zero-order valence-corrected chi connectivity index (χ0v) is 9.43. The van der Waals surface area contributed by atoms with E-state index >= 15 is 0 Å². The SMILES string of the molecule is O=C(c1ncco1)[C@@H]1CCc2ccccc2C1. The van der Waals surface area contributed by atoms with Crippen LogP contribution in [-0.2, 0) is 12.8 Å². The first kappa shape index (κ1) is 10.3. The largest absolute Gasteiger partial charge is 0.442 e. The topological polar surface area (TPSA) is 43.1 Å². The van der Waals surface area contributed by atoms with Crippen LogP contribution in [-0.4, -0.2) is 10.8 Å². The first-order valence-electron chi connectivity index (χ1n) is 5.85. The van der Waals surface area contributed by atoms with Crippen molar-refractivity contribution in [3.8, 4) is 0 Å². The van der Waals surface area contributed by atoms with Crippen LogP contribution in [0, 0.1) is 5.92 Å². The van der Waals surface area contributed by atoms with Crippen molar-refractivity contribution in [1.82, 2.24) is 4.98 Å². The van der Waals surface area contributed by atoms with E-state index in [9.17, 15) is 4.79 Å². The summed E-state index contributed by atoms with van der Waals surface area (Å²) in [6, 6.07) is 8.32. The minimum Gasteiger partial charge on any atom is -0.442 e. The van der Waals surface area contributed by atoms with Gasteiger partial charge in [-0.2, -0.15) is 0 Å². The third-order valence-electron chi connectivity index (χ3n) is 3.36. The van der Waals surface area contributed by atoms with Crippen LogP contribution in [0.25, 0.3) is 0 Å². The maximum Gasteiger partial charge on any atom is 0.263 e. The van der Waals surface area contributed by atoms with Crippen LogP contribution in [0.4, 0.5) is 0 Å². The molecule has 0 aliphatic heterocycles. The fourth-order valence-electron chi connectivity index (χ4n) is 2.44. The predicted molar refractivity (Wildman–Crippen MR) is 62.8 cm³/mol. The summed E-state index contributed by atoms with van der Waals surface area (Å²) in [5, 5.41) is 0. The van der Waals surface area contributed by atoms with Crippen molar-refractivity contribution in [2.45, 2.75) is 19.3 Å². The van der Waals surface area contributed by atoms with Gasteiger partial charge in [-0.05, 0) is 30.4 Å². The van der Waals surface area contributed by atoms with Crippen LogP contribution in [0.2, 0.25) is 0 Å². The van der Waals surface area contributed by atoms with E-state index in [1.54, 1.807) is 0 Å². The van der Waals surface area contributed by atoms with Crippen molar-refractivity contribution in [2.75, 3.05) is 0 Å². The highest BCUT2D eigenvalue weighted by molar-refractivity contribution is 5.93. The fourth-order valence-corrected chi connectivity index (χ4v) is 2.44. The molecule has 0 fully saturated rings. The van der Waals surface area contributed by atoms with E-state index in [-0.39, 0.29) is 17.6 Å². The molecule has 0 spiro atoms. The summed E-state index contributed by atoms with van der Waals surface area (Å²) in [5.74, 6) is 0.294. The van der Waals surface area contributed by atoms with Gasteiger partial charge < -0.3 is 4.42 Å². The highest BCUT2D eigenvalue weighted by Crippen LogP contribution is 2.27. The van der Waals surface area contributed by atoms with E-state index in [0.29, 0.717) is 0 Å². The van der Waals surface area contributed by atoms with Gasteiger partial charge in [0.05, 0.1) is 6.20 Å². The average molecular weight is 227 g/mol. The summed E-state index contributed by atoms with van der Waals surface area (Å²) < 4.78 is 5.08. The maximum atomic E-state index is 12.1. The molecule has 1 aliphatic carbocycles. The lowest BCUT2D eigenvalue weighted by Crippen LogP contribution is -2.23. The van der Waals surface area contributed by atoms with Gasteiger partial charge in [0.2, 0.25) is 5.78 Å². The monoisotopic (exact) mass is 227 g/mol. The summed E-state index contributed by atoms with van der Waals surface area (Å²) in [5.41, 5.74) is 2.65. The summed E-state index contributed by atoms with van der Waals surface area (Å²) in [4.78, 5) is 16.0. The molecule has 3 heteroatoms. The number of carbonyl (C=O) groups excluding carboxylic acids is 1. The predicted octanol–water partition coefficient (Wildman–Crippen LogP) is 2.66. The lowest BCUT2D eigenvalue weighted by molar-refractivity contribution is 0.0873. The number of ketones is 1. The highest BCUT2D eigenvalue weighted by atomic mass is 16.3. The molecule has 1 aromatic carbocycles. The van der Waals surface area contributed by atoms with Crippen LogP contribution in [0.1, 0.15) is 28.2 Å². The maximum absolute atomic E-state index is 12.1. The Morgan fingerprint density at radius 1 is 1.29 bits per heavy atom. The second-order valence-electron chi connectivity index (χ2n) is 4.41. The molecule has 3 nitrogen and oxygen atoms in total. The molecule has 1 aliphatic rings. The number of aryl methyl sites for hydroxylation is 1.